The molecule has 1 aliphatic rings. The van der Waals surface area contributed by atoms with Crippen molar-refractivity contribution in [3.05, 3.63) is 0 Å². The summed E-state index contributed by atoms with van der Waals surface area (Å²) in [5, 5.41) is 18.3. The number of urea groups is 1. The number of rotatable bonds is 4. The lowest BCUT2D eigenvalue weighted by Crippen LogP contribution is -2.47. The predicted molar refractivity (Wildman–Crippen MR) is 54.1 cm³/mol. The number of β-amino-alcohol motifs (C(OH)–C–C–N with tert-alkyl or cyclic N) is 1. The van der Waals surface area contributed by atoms with E-state index in [4.69, 9.17) is 0 Å². The zero-order valence-corrected chi connectivity index (χ0v) is 8.60. The van der Waals surface area contributed by atoms with E-state index in [0.29, 0.717) is 26.1 Å². The molecule has 5 heteroatoms. The number of nitrogens with one attached hydrogen (secondary N) is 3. The highest BCUT2D eigenvalue weighted by Crippen LogP contribution is 2.12. The van der Waals surface area contributed by atoms with Crippen LogP contribution in [0.2, 0.25) is 0 Å². The van der Waals surface area contributed by atoms with Crippen molar-refractivity contribution in [2.75, 3.05) is 26.2 Å². The van der Waals surface area contributed by atoms with Crippen LogP contribution in [0.4, 0.5) is 4.79 Å². The largest absolute Gasteiger partial charge is 0.387 e. The standard InChI is InChI=1S/C9H19N3O2/c1-2-4-11-8(13)12-7-9(14)3-5-10-6-9/h10,14H,2-7H2,1H3,(H2,11,12,13). The van der Waals surface area contributed by atoms with Crippen molar-refractivity contribution in [2.45, 2.75) is 25.4 Å². The molecule has 0 aromatic rings. The monoisotopic (exact) mass is 201 g/mol. The first-order valence-electron chi connectivity index (χ1n) is 5.11. The summed E-state index contributed by atoms with van der Waals surface area (Å²) in [5.41, 5.74) is -0.760. The van der Waals surface area contributed by atoms with Gasteiger partial charge in [0, 0.05) is 19.6 Å². The SMILES string of the molecule is CCCNC(=O)NCC1(O)CCNC1. The third kappa shape index (κ3) is 3.51. The average molecular weight is 201 g/mol. The normalized spacial score (nSPS) is 26.1. The summed E-state index contributed by atoms with van der Waals surface area (Å²) in [6.07, 6.45) is 1.61. The lowest BCUT2D eigenvalue weighted by molar-refractivity contribution is 0.0635. The van der Waals surface area contributed by atoms with Gasteiger partial charge in [0.15, 0.2) is 0 Å². The summed E-state index contributed by atoms with van der Waals surface area (Å²) in [7, 11) is 0. The molecule has 1 heterocycles. The quantitative estimate of drug-likeness (QED) is 0.492. The van der Waals surface area contributed by atoms with E-state index >= 15 is 0 Å². The van der Waals surface area contributed by atoms with Crippen molar-refractivity contribution in [2.24, 2.45) is 0 Å². The Balaban J connectivity index is 2.15. The Bertz CT molecular complexity index is 190. The molecule has 2 amide bonds. The second-order valence-corrected chi connectivity index (χ2v) is 3.76. The maximum Gasteiger partial charge on any atom is 0.314 e. The van der Waals surface area contributed by atoms with Crippen molar-refractivity contribution < 1.29 is 9.90 Å². The van der Waals surface area contributed by atoms with Gasteiger partial charge in [0.05, 0.1) is 5.60 Å². The molecular weight excluding hydrogens is 182 g/mol. The molecule has 0 radical (unpaired) electrons. The summed E-state index contributed by atoms with van der Waals surface area (Å²) in [5.74, 6) is 0. The van der Waals surface area contributed by atoms with Gasteiger partial charge in [-0.25, -0.2) is 4.79 Å². The smallest absolute Gasteiger partial charge is 0.314 e. The molecule has 0 aromatic heterocycles. The fourth-order valence-corrected chi connectivity index (χ4v) is 1.43. The van der Waals surface area contributed by atoms with Gasteiger partial charge in [-0.1, -0.05) is 6.92 Å². The molecule has 0 aliphatic carbocycles. The summed E-state index contributed by atoms with van der Waals surface area (Å²) in [6, 6.07) is -0.202. The molecule has 1 unspecified atom stereocenters. The zero-order valence-electron chi connectivity index (χ0n) is 8.60. The minimum absolute atomic E-state index is 0.202. The maximum absolute atomic E-state index is 11.1. The van der Waals surface area contributed by atoms with Crippen LogP contribution in [0.25, 0.3) is 0 Å². The number of carbonyl (C=O) groups is 1. The Hall–Kier alpha value is -0.810. The van der Waals surface area contributed by atoms with Gasteiger partial charge in [-0.05, 0) is 19.4 Å². The van der Waals surface area contributed by atoms with Crippen LogP contribution < -0.4 is 16.0 Å². The molecule has 14 heavy (non-hydrogen) atoms. The predicted octanol–water partition coefficient (Wildman–Crippen LogP) is -0.580. The maximum atomic E-state index is 11.1. The van der Waals surface area contributed by atoms with E-state index in [1.807, 2.05) is 6.92 Å². The van der Waals surface area contributed by atoms with Gasteiger partial charge in [-0.3, -0.25) is 0 Å². The van der Waals surface area contributed by atoms with E-state index < -0.39 is 5.60 Å². The Morgan fingerprint density at radius 2 is 2.36 bits per heavy atom. The van der Waals surface area contributed by atoms with Crippen LogP contribution in [-0.4, -0.2) is 42.9 Å². The molecule has 0 aromatic carbocycles. The fraction of sp³-hybridized carbons (Fsp3) is 0.889. The topological polar surface area (TPSA) is 73.4 Å². The molecule has 5 nitrogen and oxygen atoms in total. The first-order chi connectivity index (χ1) is 6.66. The van der Waals surface area contributed by atoms with E-state index in [1.54, 1.807) is 0 Å². The highest BCUT2D eigenvalue weighted by Gasteiger charge is 2.31. The summed E-state index contributed by atoms with van der Waals surface area (Å²) in [6.45, 7) is 4.35. The molecule has 0 bridgehead atoms. The molecule has 1 saturated heterocycles. The van der Waals surface area contributed by atoms with Crippen LogP contribution >= 0.6 is 0 Å². The van der Waals surface area contributed by atoms with E-state index in [0.717, 1.165) is 13.0 Å². The van der Waals surface area contributed by atoms with Crippen molar-refractivity contribution in [3.8, 4) is 0 Å². The molecule has 0 saturated carbocycles. The van der Waals surface area contributed by atoms with Crippen LogP contribution in [0, 0.1) is 0 Å². The minimum atomic E-state index is -0.760. The van der Waals surface area contributed by atoms with Crippen molar-refractivity contribution in [1.29, 1.82) is 0 Å². The summed E-state index contributed by atoms with van der Waals surface area (Å²) < 4.78 is 0. The van der Waals surface area contributed by atoms with Gasteiger partial charge in [-0.15, -0.1) is 0 Å². The summed E-state index contributed by atoms with van der Waals surface area (Å²) in [4.78, 5) is 11.1. The number of aliphatic hydroxyl groups is 1. The van der Waals surface area contributed by atoms with Crippen molar-refractivity contribution in [1.82, 2.24) is 16.0 Å². The zero-order chi connectivity index (χ0) is 10.4. The van der Waals surface area contributed by atoms with Gasteiger partial charge in [-0.2, -0.15) is 0 Å². The van der Waals surface area contributed by atoms with E-state index in [9.17, 15) is 9.90 Å². The van der Waals surface area contributed by atoms with Gasteiger partial charge in [0.2, 0.25) is 0 Å². The second-order valence-electron chi connectivity index (χ2n) is 3.76. The van der Waals surface area contributed by atoms with Crippen LogP contribution in [0.15, 0.2) is 0 Å². The number of hydrogen-bond acceptors (Lipinski definition) is 3. The number of carbonyl (C=O) groups excluding carboxylic acids is 1. The Morgan fingerprint density at radius 3 is 2.93 bits per heavy atom. The van der Waals surface area contributed by atoms with Crippen LogP contribution in [0.3, 0.4) is 0 Å². The van der Waals surface area contributed by atoms with Crippen molar-refractivity contribution >= 4 is 6.03 Å². The van der Waals surface area contributed by atoms with E-state index in [1.165, 1.54) is 0 Å². The Morgan fingerprint density at radius 1 is 1.57 bits per heavy atom. The van der Waals surface area contributed by atoms with E-state index in [2.05, 4.69) is 16.0 Å². The lowest BCUT2D eigenvalue weighted by atomic mass is 10.0. The van der Waals surface area contributed by atoms with Gasteiger partial charge in [0.25, 0.3) is 0 Å². The third-order valence-corrected chi connectivity index (χ3v) is 2.33. The molecule has 4 N–H and O–H groups in total. The van der Waals surface area contributed by atoms with E-state index in [-0.39, 0.29) is 6.03 Å². The molecular formula is C9H19N3O2. The van der Waals surface area contributed by atoms with Crippen LogP contribution in [0.5, 0.6) is 0 Å². The Kier molecular flexibility index (Phi) is 4.16. The average Bonchev–Trinajstić information content (AvgIpc) is 2.60. The van der Waals surface area contributed by atoms with Gasteiger partial charge in [0.1, 0.15) is 0 Å². The molecule has 82 valence electrons. The minimum Gasteiger partial charge on any atom is -0.387 e. The van der Waals surface area contributed by atoms with Gasteiger partial charge < -0.3 is 21.1 Å². The molecule has 1 aliphatic heterocycles. The number of hydrogen-bond donors (Lipinski definition) is 4. The molecule has 0 spiro atoms. The molecule has 1 fully saturated rings. The summed E-state index contributed by atoms with van der Waals surface area (Å²) >= 11 is 0. The second kappa shape index (κ2) is 5.17. The first-order valence-corrected chi connectivity index (χ1v) is 5.11. The number of amides is 2. The highest BCUT2D eigenvalue weighted by atomic mass is 16.3. The van der Waals surface area contributed by atoms with Gasteiger partial charge >= 0.3 is 6.03 Å². The molecule has 1 rings (SSSR count). The first kappa shape index (κ1) is 11.3. The Labute approximate surface area is 84.3 Å². The third-order valence-electron chi connectivity index (χ3n) is 2.33. The highest BCUT2D eigenvalue weighted by molar-refractivity contribution is 5.73. The lowest BCUT2D eigenvalue weighted by Gasteiger charge is -2.21. The van der Waals surface area contributed by atoms with Crippen molar-refractivity contribution in [3.63, 3.8) is 0 Å². The fourth-order valence-electron chi connectivity index (χ4n) is 1.43. The van der Waals surface area contributed by atoms with Crippen LogP contribution in [0.1, 0.15) is 19.8 Å². The van der Waals surface area contributed by atoms with Crippen LogP contribution in [-0.2, 0) is 0 Å². The molecule has 1 atom stereocenters.